The van der Waals surface area contributed by atoms with Gasteiger partial charge in [-0.1, -0.05) is 48.3 Å². The number of amides is 2. The van der Waals surface area contributed by atoms with E-state index < -0.39 is 6.04 Å². The molecule has 2 aromatic carbocycles. The van der Waals surface area contributed by atoms with Crippen LogP contribution in [0.4, 0.5) is 0 Å². The Bertz CT molecular complexity index is 902. The van der Waals surface area contributed by atoms with Gasteiger partial charge < -0.3 is 15.0 Å². The van der Waals surface area contributed by atoms with Gasteiger partial charge in [0.1, 0.15) is 11.8 Å². The fourth-order valence-electron chi connectivity index (χ4n) is 2.90. The molecule has 0 aliphatic carbocycles. The molecule has 0 saturated carbocycles. The summed E-state index contributed by atoms with van der Waals surface area (Å²) in [5.41, 5.74) is 2.76. The standard InChI is InChI=1S/C23H28Cl2N2O3/c1-5-10-26-23(29)17(4)27(13-18-8-9-19(24)20(25)12-18)22(28)14-30-21-11-15(2)6-7-16(21)3/h6-9,11-12,17H,5,10,13-14H2,1-4H3,(H,26,29)/t17-/m0/s1. The first-order chi connectivity index (χ1) is 14.2. The molecule has 0 unspecified atom stereocenters. The Labute approximate surface area is 188 Å². The molecule has 1 N–H and O–H groups in total. The number of benzene rings is 2. The molecule has 0 fully saturated rings. The lowest BCUT2D eigenvalue weighted by atomic mass is 10.1. The number of hydrogen-bond acceptors (Lipinski definition) is 3. The molecule has 1 atom stereocenters. The maximum atomic E-state index is 13.1. The van der Waals surface area contributed by atoms with Gasteiger partial charge in [-0.3, -0.25) is 9.59 Å². The summed E-state index contributed by atoms with van der Waals surface area (Å²) in [7, 11) is 0. The third-order valence-corrected chi connectivity index (χ3v) is 5.49. The minimum absolute atomic E-state index is 0.170. The van der Waals surface area contributed by atoms with Crippen molar-refractivity contribution in [2.75, 3.05) is 13.2 Å². The quantitative estimate of drug-likeness (QED) is 0.588. The molecule has 0 bridgehead atoms. The summed E-state index contributed by atoms with van der Waals surface area (Å²) in [5.74, 6) is 0.152. The molecular formula is C23H28Cl2N2O3. The minimum atomic E-state index is -0.666. The molecule has 0 radical (unpaired) electrons. The van der Waals surface area contributed by atoms with E-state index in [9.17, 15) is 9.59 Å². The second kappa shape index (κ2) is 11.2. The van der Waals surface area contributed by atoms with Crippen LogP contribution in [0.25, 0.3) is 0 Å². The van der Waals surface area contributed by atoms with Gasteiger partial charge in [-0.05, 0) is 62.1 Å². The number of hydrogen-bond donors (Lipinski definition) is 1. The summed E-state index contributed by atoms with van der Waals surface area (Å²) in [6.07, 6.45) is 0.814. The fraction of sp³-hybridized carbons (Fsp3) is 0.391. The summed E-state index contributed by atoms with van der Waals surface area (Å²) in [6.45, 7) is 8.17. The highest BCUT2D eigenvalue weighted by Gasteiger charge is 2.26. The maximum Gasteiger partial charge on any atom is 0.261 e. The van der Waals surface area contributed by atoms with E-state index in [-0.39, 0.29) is 25.0 Å². The second-order valence-electron chi connectivity index (χ2n) is 7.29. The lowest BCUT2D eigenvalue weighted by Gasteiger charge is -2.29. The van der Waals surface area contributed by atoms with Crippen LogP contribution in [0, 0.1) is 13.8 Å². The minimum Gasteiger partial charge on any atom is -0.483 e. The van der Waals surface area contributed by atoms with Crippen LogP contribution in [0.1, 0.15) is 37.0 Å². The van der Waals surface area contributed by atoms with E-state index in [2.05, 4.69) is 5.32 Å². The van der Waals surface area contributed by atoms with Gasteiger partial charge in [-0.2, -0.15) is 0 Å². The van der Waals surface area contributed by atoms with E-state index in [1.807, 2.05) is 39.0 Å². The van der Waals surface area contributed by atoms with Crippen LogP contribution in [-0.2, 0) is 16.1 Å². The van der Waals surface area contributed by atoms with Crippen LogP contribution < -0.4 is 10.1 Å². The van der Waals surface area contributed by atoms with E-state index in [4.69, 9.17) is 27.9 Å². The largest absolute Gasteiger partial charge is 0.483 e. The smallest absolute Gasteiger partial charge is 0.261 e. The number of ether oxygens (including phenoxy) is 1. The summed E-state index contributed by atoms with van der Waals surface area (Å²) in [6, 6.07) is 10.3. The predicted octanol–water partition coefficient (Wildman–Crippen LogP) is 4.93. The van der Waals surface area contributed by atoms with E-state index in [0.29, 0.717) is 22.3 Å². The summed E-state index contributed by atoms with van der Waals surface area (Å²) in [4.78, 5) is 27.1. The number of aryl methyl sites for hydroxylation is 2. The van der Waals surface area contributed by atoms with E-state index in [1.54, 1.807) is 25.1 Å². The number of rotatable bonds is 9. The van der Waals surface area contributed by atoms with Crippen molar-refractivity contribution in [3.63, 3.8) is 0 Å². The Morgan fingerprint density at radius 1 is 1.10 bits per heavy atom. The van der Waals surface area contributed by atoms with Gasteiger partial charge in [0.05, 0.1) is 10.0 Å². The highest BCUT2D eigenvalue weighted by Crippen LogP contribution is 2.24. The summed E-state index contributed by atoms with van der Waals surface area (Å²) >= 11 is 12.1. The van der Waals surface area contributed by atoms with Gasteiger partial charge in [0.2, 0.25) is 5.91 Å². The molecular weight excluding hydrogens is 423 g/mol. The normalized spacial score (nSPS) is 11.7. The van der Waals surface area contributed by atoms with Gasteiger partial charge in [-0.25, -0.2) is 0 Å². The Morgan fingerprint density at radius 3 is 2.50 bits per heavy atom. The number of nitrogens with one attached hydrogen (secondary N) is 1. The van der Waals surface area contributed by atoms with Crippen LogP contribution in [0.2, 0.25) is 10.0 Å². The SMILES string of the molecule is CCCNC(=O)[C@H](C)N(Cc1ccc(Cl)c(Cl)c1)C(=O)COc1cc(C)ccc1C. The second-order valence-corrected chi connectivity index (χ2v) is 8.11. The molecule has 0 spiro atoms. The Kier molecular flexibility index (Phi) is 9.00. The van der Waals surface area contributed by atoms with Crippen molar-refractivity contribution in [1.29, 1.82) is 0 Å². The van der Waals surface area contributed by atoms with E-state index in [0.717, 1.165) is 23.1 Å². The van der Waals surface area contributed by atoms with Crippen molar-refractivity contribution in [2.24, 2.45) is 0 Å². The third kappa shape index (κ3) is 6.64. The van der Waals surface area contributed by atoms with Gasteiger partial charge in [0.15, 0.2) is 6.61 Å². The Morgan fingerprint density at radius 2 is 1.83 bits per heavy atom. The topological polar surface area (TPSA) is 58.6 Å². The molecule has 30 heavy (non-hydrogen) atoms. The first-order valence-electron chi connectivity index (χ1n) is 9.94. The predicted molar refractivity (Wildman–Crippen MR) is 121 cm³/mol. The molecule has 162 valence electrons. The zero-order valence-electron chi connectivity index (χ0n) is 17.8. The van der Waals surface area contributed by atoms with Gasteiger partial charge in [-0.15, -0.1) is 0 Å². The highest BCUT2D eigenvalue weighted by atomic mass is 35.5. The fourth-order valence-corrected chi connectivity index (χ4v) is 3.22. The first kappa shape index (κ1) is 24.0. The Balaban J connectivity index is 2.19. The van der Waals surface area contributed by atoms with Crippen molar-refractivity contribution in [2.45, 2.75) is 46.7 Å². The van der Waals surface area contributed by atoms with Crippen molar-refractivity contribution in [3.8, 4) is 5.75 Å². The van der Waals surface area contributed by atoms with Gasteiger partial charge in [0, 0.05) is 13.1 Å². The van der Waals surface area contributed by atoms with E-state index >= 15 is 0 Å². The summed E-state index contributed by atoms with van der Waals surface area (Å²) < 4.78 is 5.78. The summed E-state index contributed by atoms with van der Waals surface area (Å²) in [5, 5.41) is 3.68. The molecule has 0 heterocycles. The lowest BCUT2D eigenvalue weighted by Crippen LogP contribution is -2.49. The molecule has 2 aromatic rings. The first-order valence-corrected chi connectivity index (χ1v) is 10.7. The number of nitrogens with zero attached hydrogens (tertiary/aromatic N) is 1. The molecule has 0 aliphatic rings. The average molecular weight is 451 g/mol. The molecule has 0 saturated heterocycles. The monoisotopic (exact) mass is 450 g/mol. The number of halogens is 2. The lowest BCUT2D eigenvalue weighted by molar-refractivity contribution is -0.142. The number of carbonyl (C=O) groups excluding carboxylic acids is 2. The van der Waals surface area contributed by atoms with Crippen LogP contribution in [0.3, 0.4) is 0 Å². The Hall–Kier alpha value is -2.24. The third-order valence-electron chi connectivity index (χ3n) is 4.75. The highest BCUT2D eigenvalue weighted by molar-refractivity contribution is 6.42. The maximum absolute atomic E-state index is 13.1. The molecule has 0 aliphatic heterocycles. The van der Waals surface area contributed by atoms with Crippen molar-refractivity contribution < 1.29 is 14.3 Å². The van der Waals surface area contributed by atoms with Gasteiger partial charge >= 0.3 is 0 Å². The van der Waals surface area contributed by atoms with Crippen LogP contribution in [-0.4, -0.2) is 35.9 Å². The van der Waals surface area contributed by atoms with Crippen LogP contribution in [0.5, 0.6) is 5.75 Å². The van der Waals surface area contributed by atoms with Crippen LogP contribution >= 0.6 is 23.2 Å². The van der Waals surface area contributed by atoms with E-state index in [1.165, 1.54) is 4.90 Å². The zero-order valence-corrected chi connectivity index (χ0v) is 19.3. The molecule has 7 heteroatoms. The molecule has 2 amide bonds. The molecule has 2 rings (SSSR count). The van der Waals surface area contributed by atoms with Crippen molar-refractivity contribution in [3.05, 3.63) is 63.1 Å². The van der Waals surface area contributed by atoms with Crippen LogP contribution in [0.15, 0.2) is 36.4 Å². The van der Waals surface area contributed by atoms with Crippen molar-refractivity contribution in [1.82, 2.24) is 10.2 Å². The molecule has 5 nitrogen and oxygen atoms in total. The molecule has 0 aromatic heterocycles. The number of carbonyl (C=O) groups is 2. The van der Waals surface area contributed by atoms with Crippen molar-refractivity contribution >= 4 is 35.0 Å². The van der Waals surface area contributed by atoms with Gasteiger partial charge in [0.25, 0.3) is 5.91 Å². The average Bonchev–Trinajstić information content (AvgIpc) is 2.72. The zero-order chi connectivity index (χ0) is 22.3.